The molecule has 1 aliphatic carbocycles. The van der Waals surface area contributed by atoms with Crippen molar-refractivity contribution in [3.63, 3.8) is 0 Å². The Hall–Kier alpha value is -0.620. The maximum Gasteiger partial charge on any atom is 0.209 e. The van der Waals surface area contributed by atoms with E-state index in [2.05, 4.69) is 34.7 Å². The Balaban J connectivity index is 1.99. The molecule has 0 saturated heterocycles. The fraction of sp³-hybridized carbons (Fsp3) is 0.929. The molecule has 1 heterocycles. The van der Waals surface area contributed by atoms with Crippen LogP contribution in [0.2, 0.25) is 0 Å². The van der Waals surface area contributed by atoms with Crippen molar-refractivity contribution in [1.29, 1.82) is 0 Å². The molecule has 1 aromatic rings. The minimum absolute atomic E-state index is 0.594. The third-order valence-corrected chi connectivity index (χ3v) is 5.47. The predicted octanol–water partition coefficient (Wildman–Crippen LogP) is 2.64. The monoisotopic (exact) mass is 297 g/mol. The number of nitrogens with one attached hydrogen (secondary N) is 1. The summed E-state index contributed by atoms with van der Waals surface area (Å²) in [7, 11) is 1.92. The van der Waals surface area contributed by atoms with Gasteiger partial charge in [0.2, 0.25) is 5.16 Å². The lowest BCUT2D eigenvalue weighted by Gasteiger charge is -2.36. The first-order chi connectivity index (χ1) is 9.74. The molecule has 3 atom stereocenters. The fourth-order valence-corrected chi connectivity index (χ4v) is 4.34. The van der Waals surface area contributed by atoms with E-state index in [-0.39, 0.29) is 0 Å². The molecule has 0 aromatic carbocycles. The van der Waals surface area contributed by atoms with Gasteiger partial charge in [-0.3, -0.25) is 0 Å². The predicted molar refractivity (Wildman–Crippen MR) is 82.8 cm³/mol. The number of hydrogen-bond acceptors (Lipinski definition) is 5. The van der Waals surface area contributed by atoms with Crippen LogP contribution in [-0.2, 0) is 7.05 Å². The zero-order valence-corrected chi connectivity index (χ0v) is 13.7. The van der Waals surface area contributed by atoms with E-state index < -0.39 is 0 Å². The molecule has 0 bridgehead atoms. The largest absolute Gasteiger partial charge is 0.313 e. The van der Waals surface area contributed by atoms with Crippen LogP contribution in [-0.4, -0.2) is 38.0 Å². The summed E-state index contributed by atoms with van der Waals surface area (Å²) in [6.07, 6.45) is 7.77. The van der Waals surface area contributed by atoms with Gasteiger partial charge in [0, 0.05) is 18.3 Å². The number of rotatable bonds is 7. The highest BCUT2D eigenvalue weighted by Crippen LogP contribution is 2.37. The van der Waals surface area contributed by atoms with Gasteiger partial charge >= 0.3 is 0 Å². The van der Waals surface area contributed by atoms with Gasteiger partial charge in [-0.05, 0) is 48.6 Å². The molecule has 5 nitrogen and oxygen atoms in total. The van der Waals surface area contributed by atoms with Gasteiger partial charge in [0.15, 0.2) is 0 Å². The molecule has 1 aliphatic rings. The first-order valence-corrected chi connectivity index (χ1v) is 8.74. The first kappa shape index (κ1) is 15.8. The summed E-state index contributed by atoms with van der Waals surface area (Å²) in [6.45, 7) is 5.62. The molecule has 114 valence electrons. The second kappa shape index (κ2) is 7.98. The summed E-state index contributed by atoms with van der Waals surface area (Å²) in [4.78, 5) is 0. The third-order valence-electron chi connectivity index (χ3n) is 4.09. The molecular formula is C14H27N5S. The van der Waals surface area contributed by atoms with Crippen LogP contribution in [0.25, 0.3) is 0 Å². The highest BCUT2D eigenvalue weighted by atomic mass is 32.2. The Morgan fingerprint density at radius 2 is 2.15 bits per heavy atom. The van der Waals surface area contributed by atoms with E-state index in [0.717, 1.165) is 17.6 Å². The lowest BCUT2D eigenvalue weighted by atomic mass is 9.83. The molecule has 20 heavy (non-hydrogen) atoms. The quantitative estimate of drug-likeness (QED) is 0.838. The Bertz CT molecular complexity index is 395. The highest BCUT2D eigenvalue weighted by molar-refractivity contribution is 7.99. The van der Waals surface area contributed by atoms with E-state index in [9.17, 15) is 0 Å². The average molecular weight is 297 g/mol. The molecule has 1 saturated carbocycles. The molecule has 0 amide bonds. The third kappa shape index (κ3) is 4.19. The van der Waals surface area contributed by atoms with Gasteiger partial charge in [-0.2, -0.15) is 0 Å². The average Bonchev–Trinajstić information content (AvgIpc) is 2.84. The van der Waals surface area contributed by atoms with Crippen LogP contribution in [0.5, 0.6) is 0 Å². The molecule has 1 aromatic heterocycles. The van der Waals surface area contributed by atoms with E-state index in [1.807, 2.05) is 18.8 Å². The smallest absolute Gasteiger partial charge is 0.209 e. The van der Waals surface area contributed by atoms with Gasteiger partial charge in [0.1, 0.15) is 0 Å². The second-order valence-electron chi connectivity index (χ2n) is 5.77. The normalized spacial score (nSPS) is 26.9. The second-order valence-corrected chi connectivity index (χ2v) is 6.98. The van der Waals surface area contributed by atoms with Crippen molar-refractivity contribution in [2.45, 2.75) is 68.8 Å². The Kier molecular flexibility index (Phi) is 6.29. The Morgan fingerprint density at radius 1 is 1.30 bits per heavy atom. The van der Waals surface area contributed by atoms with Gasteiger partial charge in [-0.1, -0.05) is 38.5 Å². The number of thioether (sulfide) groups is 1. The first-order valence-electron chi connectivity index (χ1n) is 7.87. The number of aromatic nitrogens is 4. The summed E-state index contributed by atoms with van der Waals surface area (Å²) in [6, 6.07) is 0.602. The van der Waals surface area contributed by atoms with Crippen molar-refractivity contribution in [2.75, 3.05) is 6.54 Å². The van der Waals surface area contributed by atoms with Crippen LogP contribution < -0.4 is 5.32 Å². The minimum atomic E-state index is 0.594. The number of tetrazole rings is 1. The maximum atomic E-state index is 4.13. The van der Waals surface area contributed by atoms with Gasteiger partial charge in [0.05, 0.1) is 0 Å². The molecule has 0 radical (unpaired) electrons. The van der Waals surface area contributed by atoms with Crippen LogP contribution >= 0.6 is 11.8 Å². The zero-order valence-electron chi connectivity index (χ0n) is 12.9. The molecule has 6 heteroatoms. The van der Waals surface area contributed by atoms with E-state index >= 15 is 0 Å². The number of aryl methyl sites for hydroxylation is 1. The Labute approximate surface area is 126 Å². The Morgan fingerprint density at radius 3 is 2.80 bits per heavy atom. The van der Waals surface area contributed by atoms with Gasteiger partial charge in [-0.15, -0.1) is 5.10 Å². The summed E-state index contributed by atoms with van der Waals surface area (Å²) in [5.74, 6) is 0.873. The van der Waals surface area contributed by atoms with Crippen LogP contribution in [0.15, 0.2) is 5.16 Å². The van der Waals surface area contributed by atoms with Gasteiger partial charge in [0.25, 0.3) is 0 Å². The topological polar surface area (TPSA) is 55.6 Å². The van der Waals surface area contributed by atoms with Crippen LogP contribution in [0, 0.1) is 5.92 Å². The van der Waals surface area contributed by atoms with Crippen molar-refractivity contribution >= 4 is 11.8 Å². The number of hydrogen-bond donors (Lipinski definition) is 1. The van der Waals surface area contributed by atoms with Crippen molar-refractivity contribution in [1.82, 2.24) is 25.5 Å². The number of nitrogens with zero attached hydrogens (tertiary/aromatic N) is 4. The van der Waals surface area contributed by atoms with E-state index in [1.165, 1.54) is 38.5 Å². The standard InChI is InChI=1S/C14H27N5S/c1-4-6-11-7-8-12(15-9-5-2)13(10-11)20-14-16-17-18-19(14)3/h11-13,15H,4-10H2,1-3H3. The summed E-state index contributed by atoms with van der Waals surface area (Å²) < 4.78 is 1.78. The maximum absolute atomic E-state index is 4.13. The molecule has 1 fully saturated rings. The molecule has 0 spiro atoms. The van der Waals surface area contributed by atoms with Gasteiger partial charge < -0.3 is 5.32 Å². The van der Waals surface area contributed by atoms with Crippen molar-refractivity contribution in [3.05, 3.63) is 0 Å². The van der Waals surface area contributed by atoms with E-state index in [4.69, 9.17) is 0 Å². The molecular weight excluding hydrogens is 270 g/mol. The van der Waals surface area contributed by atoms with Crippen LogP contribution in [0.1, 0.15) is 52.4 Å². The minimum Gasteiger partial charge on any atom is -0.313 e. The summed E-state index contributed by atoms with van der Waals surface area (Å²) in [5.41, 5.74) is 0. The zero-order chi connectivity index (χ0) is 14.4. The van der Waals surface area contributed by atoms with Gasteiger partial charge in [-0.25, -0.2) is 4.68 Å². The molecule has 2 rings (SSSR count). The summed E-state index contributed by atoms with van der Waals surface area (Å²) >= 11 is 1.85. The van der Waals surface area contributed by atoms with E-state index in [0.29, 0.717) is 11.3 Å². The van der Waals surface area contributed by atoms with Crippen LogP contribution in [0.4, 0.5) is 0 Å². The molecule has 3 unspecified atom stereocenters. The molecule has 0 aliphatic heterocycles. The van der Waals surface area contributed by atoms with E-state index in [1.54, 1.807) is 4.68 Å². The molecule has 1 N–H and O–H groups in total. The van der Waals surface area contributed by atoms with Crippen LogP contribution in [0.3, 0.4) is 0 Å². The van der Waals surface area contributed by atoms with Crippen molar-refractivity contribution < 1.29 is 0 Å². The highest BCUT2D eigenvalue weighted by Gasteiger charge is 2.31. The summed E-state index contributed by atoms with van der Waals surface area (Å²) in [5, 5.41) is 17.1. The lowest BCUT2D eigenvalue weighted by Crippen LogP contribution is -2.43. The fourth-order valence-electron chi connectivity index (χ4n) is 3.03. The van der Waals surface area contributed by atoms with Crippen molar-refractivity contribution in [3.8, 4) is 0 Å². The van der Waals surface area contributed by atoms with Crippen molar-refractivity contribution in [2.24, 2.45) is 13.0 Å². The SMILES string of the molecule is CCCNC1CCC(CCC)CC1Sc1nnnn1C. The lowest BCUT2D eigenvalue weighted by molar-refractivity contribution is 0.287.